The zero-order chi connectivity index (χ0) is 8.32. The lowest BCUT2D eigenvalue weighted by atomic mass is 9.89. The van der Waals surface area contributed by atoms with Gasteiger partial charge in [-0.15, -0.1) is 0 Å². The Hall–Kier alpha value is -0.570. The summed E-state index contributed by atoms with van der Waals surface area (Å²) in [7, 11) is 0. The van der Waals surface area contributed by atoms with Gasteiger partial charge in [-0.3, -0.25) is 4.79 Å². The lowest BCUT2D eigenvalue weighted by Crippen LogP contribution is -2.48. The predicted octanol–water partition coefficient (Wildman–Crippen LogP) is 0.549. The molecule has 1 N–H and O–H groups in total. The Morgan fingerprint density at radius 1 is 1.64 bits per heavy atom. The molecule has 3 nitrogen and oxygen atoms in total. The number of carbonyl (C=O) groups is 1. The molecule has 11 heavy (non-hydrogen) atoms. The molecule has 1 amide bonds. The zero-order valence-corrected chi connectivity index (χ0v) is 7.14. The second kappa shape index (κ2) is 3.22. The van der Waals surface area contributed by atoms with Gasteiger partial charge in [0.2, 0.25) is 5.91 Å². The van der Waals surface area contributed by atoms with Crippen LogP contribution in [0.5, 0.6) is 0 Å². The van der Waals surface area contributed by atoms with Crippen molar-refractivity contribution >= 4 is 5.91 Å². The average Bonchev–Trinajstić information content (AvgIpc) is 1.96. The fourth-order valence-electron chi connectivity index (χ4n) is 0.990. The first-order valence-electron chi connectivity index (χ1n) is 4.01. The van der Waals surface area contributed by atoms with Gasteiger partial charge in [0.15, 0.2) is 0 Å². The molecule has 0 bridgehead atoms. The molecule has 0 unspecified atom stereocenters. The summed E-state index contributed by atoms with van der Waals surface area (Å²) in [5, 5.41) is 2.86. The van der Waals surface area contributed by atoms with Crippen LogP contribution in [0.4, 0.5) is 0 Å². The van der Waals surface area contributed by atoms with Crippen molar-refractivity contribution in [1.82, 2.24) is 5.32 Å². The van der Waals surface area contributed by atoms with E-state index in [1.54, 1.807) is 0 Å². The number of nitrogens with one attached hydrogen (secondary N) is 1. The van der Waals surface area contributed by atoms with Crippen molar-refractivity contribution in [1.29, 1.82) is 0 Å². The van der Waals surface area contributed by atoms with E-state index in [0.717, 1.165) is 19.8 Å². The van der Waals surface area contributed by atoms with Gasteiger partial charge in [0.1, 0.15) is 0 Å². The molecule has 0 saturated carbocycles. The van der Waals surface area contributed by atoms with Crippen LogP contribution >= 0.6 is 0 Å². The summed E-state index contributed by atoms with van der Waals surface area (Å²) < 4.78 is 5.05. The smallest absolute Gasteiger partial charge is 0.219 e. The quantitative estimate of drug-likeness (QED) is 0.649. The van der Waals surface area contributed by atoms with Crippen LogP contribution in [0.1, 0.15) is 20.3 Å². The first kappa shape index (κ1) is 8.53. The van der Waals surface area contributed by atoms with Crippen LogP contribution in [-0.2, 0) is 9.53 Å². The fraction of sp³-hybridized carbons (Fsp3) is 0.875. The molecule has 1 rings (SSSR count). The van der Waals surface area contributed by atoms with Gasteiger partial charge in [0.05, 0.1) is 13.2 Å². The van der Waals surface area contributed by atoms with Crippen LogP contribution in [0.3, 0.4) is 0 Å². The molecule has 1 fully saturated rings. The monoisotopic (exact) mass is 157 g/mol. The van der Waals surface area contributed by atoms with Gasteiger partial charge in [0.25, 0.3) is 0 Å². The van der Waals surface area contributed by atoms with E-state index >= 15 is 0 Å². The summed E-state index contributed by atoms with van der Waals surface area (Å²) in [6, 6.07) is 0. The Balaban J connectivity index is 2.16. The minimum atomic E-state index is 0.123. The summed E-state index contributed by atoms with van der Waals surface area (Å²) in [6.07, 6.45) is 0.566. The van der Waals surface area contributed by atoms with E-state index in [9.17, 15) is 4.79 Å². The Labute approximate surface area is 67.1 Å². The number of amides is 1. The maximum atomic E-state index is 10.8. The molecule has 0 atom stereocenters. The Kier molecular flexibility index (Phi) is 2.49. The van der Waals surface area contributed by atoms with Crippen molar-refractivity contribution < 1.29 is 9.53 Å². The number of carbonyl (C=O) groups excluding carboxylic acids is 1. The third-order valence-corrected chi connectivity index (χ3v) is 1.93. The van der Waals surface area contributed by atoms with Crippen LogP contribution in [0.25, 0.3) is 0 Å². The van der Waals surface area contributed by atoms with Gasteiger partial charge < -0.3 is 10.1 Å². The van der Waals surface area contributed by atoms with Crippen molar-refractivity contribution in [3.8, 4) is 0 Å². The van der Waals surface area contributed by atoms with Crippen LogP contribution in [0.15, 0.2) is 0 Å². The summed E-state index contributed by atoms with van der Waals surface area (Å²) >= 11 is 0. The van der Waals surface area contributed by atoms with Gasteiger partial charge in [-0.2, -0.15) is 0 Å². The van der Waals surface area contributed by atoms with Crippen LogP contribution < -0.4 is 5.32 Å². The Morgan fingerprint density at radius 3 is 2.64 bits per heavy atom. The zero-order valence-electron chi connectivity index (χ0n) is 7.14. The van der Waals surface area contributed by atoms with E-state index in [0.29, 0.717) is 6.42 Å². The van der Waals surface area contributed by atoms with E-state index in [-0.39, 0.29) is 11.3 Å². The third kappa shape index (κ3) is 2.19. The highest BCUT2D eigenvalue weighted by Crippen LogP contribution is 2.24. The minimum absolute atomic E-state index is 0.123. The van der Waals surface area contributed by atoms with E-state index in [2.05, 4.69) is 12.2 Å². The van der Waals surface area contributed by atoms with E-state index in [4.69, 9.17) is 4.74 Å². The molecular formula is C8H15NO2. The first-order valence-corrected chi connectivity index (χ1v) is 4.01. The standard InChI is InChI=1S/C8H15NO2/c1-3-7(10)9-4-8(2)5-11-6-8/h3-6H2,1-2H3,(H,9,10). The molecule has 64 valence electrons. The van der Waals surface area contributed by atoms with Crippen molar-refractivity contribution in [3.63, 3.8) is 0 Å². The molecule has 0 radical (unpaired) electrons. The number of hydrogen-bond donors (Lipinski definition) is 1. The van der Waals surface area contributed by atoms with Crippen LogP contribution in [0.2, 0.25) is 0 Å². The highest BCUT2D eigenvalue weighted by molar-refractivity contribution is 5.75. The van der Waals surface area contributed by atoms with E-state index in [1.807, 2.05) is 6.92 Å². The Morgan fingerprint density at radius 2 is 2.27 bits per heavy atom. The maximum Gasteiger partial charge on any atom is 0.219 e. The topological polar surface area (TPSA) is 38.3 Å². The van der Waals surface area contributed by atoms with Gasteiger partial charge in [-0.25, -0.2) is 0 Å². The van der Waals surface area contributed by atoms with Gasteiger partial charge in [-0.1, -0.05) is 13.8 Å². The fourth-order valence-corrected chi connectivity index (χ4v) is 0.990. The molecular weight excluding hydrogens is 142 g/mol. The summed E-state index contributed by atoms with van der Waals surface area (Å²) in [4.78, 5) is 10.8. The van der Waals surface area contributed by atoms with Gasteiger partial charge in [-0.05, 0) is 0 Å². The molecule has 1 aliphatic heterocycles. The largest absolute Gasteiger partial charge is 0.380 e. The molecule has 0 aromatic carbocycles. The normalized spacial score (nSPS) is 20.5. The summed E-state index contributed by atoms with van der Waals surface area (Å²) in [6.45, 7) is 6.27. The highest BCUT2D eigenvalue weighted by Gasteiger charge is 2.33. The third-order valence-electron chi connectivity index (χ3n) is 1.93. The predicted molar refractivity (Wildman–Crippen MR) is 42.2 cm³/mol. The van der Waals surface area contributed by atoms with Crippen LogP contribution in [-0.4, -0.2) is 25.7 Å². The van der Waals surface area contributed by atoms with Crippen molar-refractivity contribution in [2.75, 3.05) is 19.8 Å². The first-order chi connectivity index (χ1) is 5.16. The molecule has 1 aliphatic rings. The molecule has 0 spiro atoms. The van der Waals surface area contributed by atoms with E-state index < -0.39 is 0 Å². The molecule has 3 heteroatoms. The highest BCUT2D eigenvalue weighted by atomic mass is 16.5. The lowest BCUT2D eigenvalue weighted by molar-refractivity contribution is -0.126. The average molecular weight is 157 g/mol. The number of hydrogen-bond acceptors (Lipinski definition) is 2. The Bertz CT molecular complexity index is 152. The maximum absolute atomic E-state index is 10.8. The second-order valence-corrected chi connectivity index (χ2v) is 3.43. The summed E-state index contributed by atoms with van der Waals surface area (Å²) in [5.41, 5.74) is 0.199. The lowest BCUT2D eigenvalue weighted by Gasteiger charge is -2.37. The molecule has 0 aliphatic carbocycles. The van der Waals surface area contributed by atoms with Crippen molar-refractivity contribution in [3.05, 3.63) is 0 Å². The second-order valence-electron chi connectivity index (χ2n) is 3.43. The molecule has 1 heterocycles. The minimum Gasteiger partial charge on any atom is -0.380 e. The molecule has 0 aromatic heterocycles. The van der Waals surface area contributed by atoms with Crippen molar-refractivity contribution in [2.24, 2.45) is 5.41 Å². The van der Waals surface area contributed by atoms with E-state index in [1.165, 1.54) is 0 Å². The number of ether oxygens (including phenoxy) is 1. The van der Waals surface area contributed by atoms with Crippen molar-refractivity contribution in [2.45, 2.75) is 20.3 Å². The summed E-state index contributed by atoms with van der Waals surface area (Å²) in [5.74, 6) is 0.123. The van der Waals surface area contributed by atoms with Gasteiger partial charge >= 0.3 is 0 Å². The number of rotatable bonds is 3. The molecule has 0 aromatic rings. The SMILES string of the molecule is CCC(=O)NCC1(C)COC1. The van der Waals surface area contributed by atoms with Crippen LogP contribution in [0, 0.1) is 5.41 Å². The van der Waals surface area contributed by atoms with Gasteiger partial charge in [0, 0.05) is 18.4 Å². The molecule has 1 saturated heterocycles.